The van der Waals surface area contributed by atoms with E-state index in [2.05, 4.69) is 4.72 Å². The molecule has 0 aliphatic carbocycles. The minimum atomic E-state index is -3.90. The molecule has 0 atom stereocenters. The van der Waals surface area contributed by atoms with Gasteiger partial charge < -0.3 is 14.4 Å². The van der Waals surface area contributed by atoms with Crippen LogP contribution in [-0.4, -0.2) is 39.8 Å². The number of fused-ring (bicyclic) bond motifs is 1. The van der Waals surface area contributed by atoms with E-state index >= 15 is 0 Å². The average molecular weight is 437 g/mol. The number of ether oxygens (including phenoxy) is 2. The molecule has 0 saturated heterocycles. The fourth-order valence-electron chi connectivity index (χ4n) is 3.02. The maximum Gasteiger partial charge on any atom is 0.262 e. The molecule has 1 amide bonds. The molecule has 3 rings (SSSR count). The second-order valence-electron chi connectivity index (χ2n) is 6.28. The second-order valence-corrected chi connectivity index (χ2v) is 9.10. The Balaban J connectivity index is 1.97. The molecule has 9 heteroatoms. The van der Waals surface area contributed by atoms with E-state index in [1.54, 1.807) is 47.0 Å². The Morgan fingerprint density at radius 2 is 1.90 bits per heavy atom. The van der Waals surface area contributed by atoms with E-state index < -0.39 is 10.0 Å². The molecular formula is C20H24N2O5S2. The van der Waals surface area contributed by atoms with Gasteiger partial charge in [-0.1, -0.05) is 0 Å². The van der Waals surface area contributed by atoms with Crippen LogP contribution in [0.2, 0.25) is 0 Å². The molecule has 2 aromatic rings. The van der Waals surface area contributed by atoms with Gasteiger partial charge >= 0.3 is 0 Å². The molecule has 0 saturated carbocycles. The Bertz CT molecular complexity index is 1010. The predicted molar refractivity (Wildman–Crippen MR) is 115 cm³/mol. The molecule has 0 aromatic heterocycles. The predicted octanol–water partition coefficient (Wildman–Crippen LogP) is 3.74. The molecule has 0 fully saturated rings. The number of thioether (sulfide) groups is 1. The lowest BCUT2D eigenvalue weighted by Gasteiger charge is -2.28. The van der Waals surface area contributed by atoms with E-state index in [9.17, 15) is 13.2 Å². The summed E-state index contributed by atoms with van der Waals surface area (Å²) in [6.07, 6.45) is 0. The maximum atomic E-state index is 13.1. The lowest BCUT2D eigenvalue weighted by molar-refractivity contribution is -0.116. The van der Waals surface area contributed by atoms with Gasteiger partial charge in [0.25, 0.3) is 10.0 Å². The summed E-state index contributed by atoms with van der Waals surface area (Å²) in [5.41, 5.74) is 0.915. The maximum absolute atomic E-state index is 13.1. The highest BCUT2D eigenvalue weighted by molar-refractivity contribution is 7.99. The van der Waals surface area contributed by atoms with Crippen molar-refractivity contribution in [2.75, 3.05) is 35.1 Å². The fourth-order valence-corrected chi connectivity index (χ4v) is 5.08. The van der Waals surface area contributed by atoms with Crippen molar-refractivity contribution in [1.82, 2.24) is 0 Å². The van der Waals surface area contributed by atoms with E-state index in [0.29, 0.717) is 42.6 Å². The third kappa shape index (κ3) is 4.79. The zero-order valence-electron chi connectivity index (χ0n) is 16.6. The number of nitrogens with one attached hydrogen (secondary N) is 1. The van der Waals surface area contributed by atoms with Gasteiger partial charge in [-0.05, 0) is 44.2 Å². The molecule has 156 valence electrons. The number of benzene rings is 2. The number of carbonyl (C=O) groups excluding carboxylic acids is 1. The summed E-state index contributed by atoms with van der Waals surface area (Å²) in [5.74, 6) is 1.62. The van der Waals surface area contributed by atoms with Gasteiger partial charge in [0.1, 0.15) is 11.5 Å². The highest BCUT2D eigenvalue weighted by Gasteiger charge is 2.24. The molecule has 1 heterocycles. The van der Waals surface area contributed by atoms with Gasteiger partial charge in [-0.15, -0.1) is 11.8 Å². The Morgan fingerprint density at radius 3 is 2.59 bits per heavy atom. The number of rotatable bonds is 7. The van der Waals surface area contributed by atoms with Crippen LogP contribution >= 0.6 is 11.8 Å². The highest BCUT2D eigenvalue weighted by atomic mass is 32.2. The normalized spacial score (nSPS) is 13.6. The van der Waals surface area contributed by atoms with E-state index in [0.717, 1.165) is 10.6 Å². The Kier molecular flexibility index (Phi) is 6.59. The van der Waals surface area contributed by atoms with Crippen molar-refractivity contribution in [3.05, 3.63) is 36.4 Å². The van der Waals surface area contributed by atoms with Crippen LogP contribution in [0.5, 0.6) is 11.5 Å². The minimum Gasteiger partial charge on any atom is -0.494 e. The molecular weight excluding hydrogens is 412 g/mol. The molecule has 0 spiro atoms. The third-order valence-corrected chi connectivity index (χ3v) is 6.70. The molecule has 2 aromatic carbocycles. The van der Waals surface area contributed by atoms with Crippen LogP contribution in [0, 0.1) is 0 Å². The number of sulfonamides is 1. The first-order valence-electron chi connectivity index (χ1n) is 9.33. The molecule has 1 aliphatic rings. The van der Waals surface area contributed by atoms with Crippen molar-refractivity contribution < 1.29 is 22.7 Å². The summed E-state index contributed by atoms with van der Waals surface area (Å²) in [6, 6.07) is 9.83. The number of anilines is 2. The zero-order valence-corrected chi connectivity index (χ0v) is 18.2. The molecule has 0 unspecified atom stereocenters. The number of hydrogen-bond donors (Lipinski definition) is 1. The smallest absolute Gasteiger partial charge is 0.262 e. The van der Waals surface area contributed by atoms with Gasteiger partial charge in [0.15, 0.2) is 0 Å². The average Bonchev–Trinajstić information content (AvgIpc) is 2.69. The van der Waals surface area contributed by atoms with Gasteiger partial charge in [-0.3, -0.25) is 9.52 Å². The number of amides is 1. The summed E-state index contributed by atoms with van der Waals surface area (Å²) in [5, 5.41) is 0. The summed E-state index contributed by atoms with van der Waals surface area (Å²) in [7, 11) is -3.90. The van der Waals surface area contributed by atoms with Crippen molar-refractivity contribution in [2.24, 2.45) is 0 Å². The fraction of sp³-hybridized carbons (Fsp3) is 0.350. The van der Waals surface area contributed by atoms with Crippen molar-refractivity contribution in [2.45, 2.75) is 30.6 Å². The van der Waals surface area contributed by atoms with Crippen molar-refractivity contribution in [3.63, 3.8) is 0 Å². The van der Waals surface area contributed by atoms with Crippen LogP contribution in [0.4, 0.5) is 11.4 Å². The number of hydrogen-bond acceptors (Lipinski definition) is 6. The molecule has 0 radical (unpaired) electrons. The first-order valence-corrected chi connectivity index (χ1v) is 11.8. The van der Waals surface area contributed by atoms with Crippen LogP contribution < -0.4 is 19.1 Å². The first-order chi connectivity index (χ1) is 13.9. The van der Waals surface area contributed by atoms with Crippen LogP contribution in [0.25, 0.3) is 0 Å². The number of nitrogens with zero attached hydrogens (tertiary/aromatic N) is 1. The van der Waals surface area contributed by atoms with E-state index in [1.165, 1.54) is 13.0 Å². The standard InChI is InChI=1S/C20H24N2O5S2/c1-4-26-15-6-8-19(27-5-2)17(12-15)21-29(24,25)16-7-9-20-18(13-16)22(14(3)23)10-11-28-20/h6-9,12-13,21H,4-5,10-11H2,1-3H3. The third-order valence-electron chi connectivity index (χ3n) is 4.29. The first kappa shape index (κ1) is 21.3. The van der Waals surface area contributed by atoms with Crippen molar-refractivity contribution in [1.29, 1.82) is 0 Å². The van der Waals surface area contributed by atoms with Crippen molar-refractivity contribution >= 4 is 39.1 Å². The SMILES string of the molecule is CCOc1ccc(OCC)c(NS(=O)(=O)c2ccc3c(c2)N(C(C)=O)CCS3)c1. The van der Waals surface area contributed by atoms with Gasteiger partial charge in [0.2, 0.25) is 5.91 Å². The molecule has 7 nitrogen and oxygen atoms in total. The summed E-state index contributed by atoms with van der Waals surface area (Å²) < 4.78 is 39.8. The van der Waals surface area contributed by atoms with Crippen LogP contribution in [-0.2, 0) is 14.8 Å². The lowest BCUT2D eigenvalue weighted by Crippen LogP contribution is -2.33. The van der Waals surface area contributed by atoms with E-state index in [-0.39, 0.29) is 10.8 Å². The van der Waals surface area contributed by atoms with Crippen molar-refractivity contribution in [3.8, 4) is 11.5 Å². The lowest BCUT2D eigenvalue weighted by atomic mass is 10.2. The Labute approximate surface area is 175 Å². The van der Waals surface area contributed by atoms with Crippen LogP contribution in [0.3, 0.4) is 0 Å². The van der Waals surface area contributed by atoms with Gasteiger partial charge in [0.05, 0.1) is 29.5 Å². The molecule has 29 heavy (non-hydrogen) atoms. The highest BCUT2D eigenvalue weighted by Crippen LogP contribution is 2.37. The quantitative estimate of drug-likeness (QED) is 0.712. The Hall–Kier alpha value is -2.39. The van der Waals surface area contributed by atoms with E-state index in [4.69, 9.17) is 9.47 Å². The van der Waals surface area contributed by atoms with Crippen LogP contribution in [0.15, 0.2) is 46.2 Å². The summed E-state index contributed by atoms with van der Waals surface area (Å²) in [4.78, 5) is 14.5. The minimum absolute atomic E-state index is 0.0780. The zero-order chi connectivity index (χ0) is 21.0. The van der Waals surface area contributed by atoms with Crippen LogP contribution in [0.1, 0.15) is 20.8 Å². The molecule has 0 bridgehead atoms. The van der Waals surface area contributed by atoms with Gasteiger partial charge in [-0.25, -0.2) is 8.42 Å². The Morgan fingerprint density at radius 1 is 1.14 bits per heavy atom. The van der Waals surface area contributed by atoms with Gasteiger partial charge in [-0.2, -0.15) is 0 Å². The van der Waals surface area contributed by atoms with E-state index in [1.807, 2.05) is 13.8 Å². The topological polar surface area (TPSA) is 84.9 Å². The molecule has 1 N–H and O–H groups in total. The monoisotopic (exact) mass is 436 g/mol. The van der Waals surface area contributed by atoms with Gasteiger partial charge in [0, 0.05) is 30.2 Å². The molecule has 1 aliphatic heterocycles. The largest absolute Gasteiger partial charge is 0.494 e. The summed E-state index contributed by atoms with van der Waals surface area (Å²) in [6.45, 7) is 6.57. The number of carbonyl (C=O) groups is 1. The second kappa shape index (κ2) is 8.96. The summed E-state index contributed by atoms with van der Waals surface area (Å²) >= 11 is 1.60.